The third-order valence-corrected chi connectivity index (χ3v) is 2.53. The number of hydrogen-bond donors (Lipinski definition) is 1. The Kier molecular flexibility index (Phi) is 14.3. The zero-order chi connectivity index (χ0) is 27.0. The van der Waals surface area contributed by atoms with Crippen LogP contribution in [0.5, 0.6) is 18.0 Å². The van der Waals surface area contributed by atoms with E-state index in [4.69, 9.17) is 44.9 Å². The van der Waals surface area contributed by atoms with Gasteiger partial charge in [0.05, 0.1) is 7.05 Å². The van der Waals surface area contributed by atoms with Crippen LogP contribution in [0.2, 0.25) is 15.9 Å². The Morgan fingerprint density at radius 2 is 0.886 bits per heavy atom. The van der Waals surface area contributed by atoms with Crippen LogP contribution >= 0.6 is 34.8 Å². The second kappa shape index (κ2) is 16.3. The van der Waals surface area contributed by atoms with Gasteiger partial charge in [-0.05, 0) is 34.8 Å². The van der Waals surface area contributed by atoms with Gasteiger partial charge in [-0.25, -0.2) is 10.1 Å². The number of rotatable bonds is 7. The average molecular weight is 564 g/mol. The van der Waals surface area contributed by atoms with Gasteiger partial charge in [0.25, 0.3) is 0 Å². The summed E-state index contributed by atoms with van der Waals surface area (Å²) in [4.78, 5) is 43.7. The average Bonchev–Trinajstić information content (AvgIpc) is 2.74. The molecule has 0 aliphatic rings. The SMILES string of the molecule is CN[N+](=O)[O-].C[N+]([O-])=NOc1nc(ON=[N+](C)[O-])nc(ON=[N+](C)[O-])n1.Clc1nc(Cl)nc(Cl)n1. The summed E-state index contributed by atoms with van der Waals surface area (Å²) in [5.41, 5.74) is 1.75. The minimum absolute atomic E-state index is 0.000000000000000444. The van der Waals surface area contributed by atoms with E-state index in [0.717, 1.165) is 21.1 Å². The number of nitrogens with one attached hydrogen (secondary N) is 1. The van der Waals surface area contributed by atoms with Gasteiger partial charge in [0.1, 0.15) is 0 Å². The van der Waals surface area contributed by atoms with Gasteiger partial charge in [-0.3, -0.25) is 14.5 Å². The Morgan fingerprint density at radius 3 is 1.06 bits per heavy atom. The fourth-order valence-electron chi connectivity index (χ4n) is 1.03. The van der Waals surface area contributed by atoms with Gasteiger partial charge in [0.2, 0.25) is 31.7 Å². The molecular weight excluding hydrogens is 551 g/mol. The molecule has 0 unspecified atom stereocenters. The van der Waals surface area contributed by atoms with Crippen LogP contribution in [-0.4, -0.2) is 77.7 Å². The van der Waals surface area contributed by atoms with E-state index < -0.39 is 23.1 Å². The largest absolute Gasteiger partial charge is 0.598 e. The van der Waals surface area contributed by atoms with E-state index in [-0.39, 0.29) is 30.4 Å². The van der Waals surface area contributed by atoms with E-state index in [0.29, 0.717) is 0 Å². The van der Waals surface area contributed by atoms with E-state index in [1.165, 1.54) is 7.05 Å². The highest BCUT2D eigenvalue weighted by atomic mass is 35.5. The number of halogens is 3. The van der Waals surface area contributed by atoms with Gasteiger partial charge in [0, 0.05) is 0 Å². The minimum Gasteiger partial charge on any atom is -0.598 e. The summed E-state index contributed by atoms with van der Waals surface area (Å²) in [7, 11) is 4.37. The molecule has 0 radical (unpaired) electrons. The molecule has 0 saturated carbocycles. The summed E-state index contributed by atoms with van der Waals surface area (Å²) in [6.07, 6.45) is 0. The first-order valence-corrected chi connectivity index (χ1v) is 9.12. The Morgan fingerprint density at radius 1 is 0.657 bits per heavy atom. The van der Waals surface area contributed by atoms with Crippen LogP contribution < -0.4 is 19.9 Å². The quantitative estimate of drug-likeness (QED) is 0.210. The Hall–Kier alpha value is -4.31. The van der Waals surface area contributed by atoms with Crippen molar-refractivity contribution in [1.29, 1.82) is 0 Å². The van der Waals surface area contributed by atoms with E-state index in [1.807, 2.05) is 0 Å². The molecule has 0 bridgehead atoms. The molecule has 0 aliphatic heterocycles. The molecule has 0 saturated heterocycles. The number of nitro groups is 1. The highest BCUT2D eigenvalue weighted by Gasteiger charge is 2.13. The lowest BCUT2D eigenvalue weighted by molar-refractivity contribution is -0.538. The summed E-state index contributed by atoms with van der Waals surface area (Å²) in [6.45, 7) is 0. The van der Waals surface area contributed by atoms with Crippen molar-refractivity contribution in [2.45, 2.75) is 0 Å². The van der Waals surface area contributed by atoms with Crippen LogP contribution in [-0.2, 0) is 0 Å². The second-order valence-corrected chi connectivity index (χ2v) is 5.73. The van der Waals surface area contributed by atoms with Crippen LogP contribution in [0, 0.1) is 25.7 Å². The smallest absolute Gasteiger partial charge is 0.361 e. The van der Waals surface area contributed by atoms with Gasteiger partial charge in [-0.2, -0.15) is 15.0 Å². The lowest BCUT2D eigenvalue weighted by Gasteiger charge is -1.99. The molecule has 25 heteroatoms. The maximum Gasteiger partial charge on any atom is 0.361 e. The molecule has 35 heavy (non-hydrogen) atoms. The standard InChI is InChI=1S/C6H9N9O6.C3Cl3N3.CH4N2O2/c1-13(16)10-19-4-7-5(20-11-14(2)17)9-6(8-4)21-12-15(3)18;4-1-7-2(5)9-3(6)8-1;1-2-3(4)5/h1-3H3;;2H,1H3. The summed E-state index contributed by atoms with van der Waals surface area (Å²) < 4.78 is 0. The molecule has 0 spiro atoms. The fourth-order valence-corrected chi connectivity index (χ4v) is 1.64. The first-order valence-electron chi connectivity index (χ1n) is 7.99. The summed E-state index contributed by atoms with van der Waals surface area (Å²) in [5.74, 6) is 0. The fraction of sp³-hybridized carbons (Fsp3) is 0.400. The van der Waals surface area contributed by atoms with Crippen LogP contribution in [0.15, 0.2) is 15.8 Å². The van der Waals surface area contributed by atoms with Gasteiger partial charge >= 0.3 is 18.0 Å². The molecule has 2 heterocycles. The first kappa shape index (κ1) is 30.7. The lowest BCUT2D eigenvalue weighted by atomic mass is 10.9. The van der Waals surface area contributed by atoms with Crippen LogP contribution in [0.25, 0.3) is 0 Å². The number of hydroxylamine groups is 3. The molecule has 192 valence electrons. The van der Waals surface area contributed by atoms with E-state index in [1.54, 1.807) is 5.43 Å². The predicted molar refractivity (Wildman–Crippen MR) is 109 cm³/mol. The predicted octanol–water partition coefficient (Wildman–Crippen LogP) is 0.759. The molecule has 22 nitrogen and oxygen atoms in total. The van der Waals surface area contributed by atoms with Crippen molar-refractivity contribution in [2.75, 3.05) is 28.2 Å². The first-order chi connectivity index (χ1) is 16.3. The van der Waals surface area contributed by atoms with Gasteiger partial charge in [-0.1, -0.05) is 14.6 Å². The molecule has 1 N–H and O–H groups in total. The zero-order valence-electron chi connectivity index (χ0n) is 17.7. The Labute approximate surface area is 208 Å². The molecule has 0 aliphatic carbocycles. The van der Waals surface area contributed by atoms with Crippen molar-refractivity contribution >= 4 is 34.8 Å². The summed E-state index contributed by atoms with van der Waals surface area (Å²) in [6, 6.07) is -1.57. The van der Waals surface area contributed by atoms with Crippen molar-refractivity contribution in [3.05, 3.63) is 41.6 Å². The maximum absolute atomic E-state index is 10.6. The summed E-state index contributed by atoms with van der Waals surface area (Å²) in [5, 5.41) is 49.1. The van der Waals surface area contributed by atoms with Gasteiger partial charge < -0.3 is 15.6 Å². The Balaban J connectivity index is 0.000000673. The molecule has 0 amide bonds. The third kappa shape index (κ3) is 16.9. The van der Waals surface area contributed by atoms with Gasteiger partial charge in [0.15, 0.2) is 26.2 Å². The minimum atomic E-state index is -0.625. The van der Waals surface area contributed by atoms with E-state index >= 15 is 0 Å². The van der Waals surface area contributed by atoms with Crippen LogP contribution in [0.1, 0.15) is 0 Å². The Bertz CT molecular complexity index is 917. The van der Waals surface area contributed by atoms with E-state index in [9.17, 15) is 15.6 Å². The molecule has 2 aromatic heterocycles. The molecule has 0 fully saturated rings. The second-order valence-electron chi connectivity index (χ2n) is 4.72. The van der Waals surface area contributed by atoms with Crippen molar-refractivity contribution in [3.8, 4) is 18.0 Å². The van der Waals surface area contributed by atoms with Gasteiger partial charge in [-0.15, -0.1) is 20.4 Å². The molecule has 0 aromatic carbocycles. The molecule has 2 rings (SSSR count). The number of nitrogens with zero attached hydrogens (tertiary/aromatic N) is 13. The lowest BCUT2D eigenvalue weighted by Crippen LogP contribution is -2.13. The van der Waals surface area contributed by atoms with Crippen LogP contribution in [0.4, 0.5) is 0 Å². The van der Waals surface area contributed by atoms with Crippen molar-refractivity contribution < 1.29 is 34.1 Å². The zero-order valence-corrected chi connectivity index (χ0v) is 20.0. The molecular formula is C10H13Cl3N14O8. The highest BCUT2D eigenvalue weighted by molar-refractivity contribution is 6.33. The molecule has 2 aromatic rings. The number of aromatic nitrogens is 6. The maximum atomic E-state index is 10.6. The number of hydrogen-bond acceptors (Lipinski definition) is 17. The normalized spacial score (nSPS) is 11.2. The molecule has 0 atom stereocenters. The van der Waals surface area contributed by atoms with E-state index in [2.05, 4.69) is 60.2 Å². The highest BCUT2D eigenvalue weighted by Crippen LogP contribution is 2.15. The third-order valence-electron chi connectivity index (χ3n) is 2.02. The number of hydrazine groups is 1. The van der Waals surface area contributed by atoms with Crippen LogP contribution in [0.3, 0.4) is 0 Å². The topological polar surface area (TPSA) is 275 Å². The van der Waals surface area contributed by atoms with Crippen molar-refractivity contribution in [2.24, 2.45) is 15.8 Å². The van der Waals surface area contributed by atoms with Crippen molar-refractivity contribution in [1.82, 2.24) is 35.3 Å². The van der Waals surface area contributed by atoms with Crippen molar-refractivity contribution in [3.63, 3.8) is 0 Å². The summed E-state index contributed by atoms with van der Waals surface area (Å²) >= 11 is 16.0. The monoisotopic (exact) mass is 562 g/mol.